The topological polar surface area (TPSA) is 90.0 Å². The van der Waals surface area contributed by atoms with Crippen LogP contribution in [0.25, 0.3) is 0 Å². The van der Waals surface area contributed by atoms with Gasteiger partial charge in [0.2, 0.25) is 10.0 Å². The van der Waals surface area contributed by atoms with Gasteiger partial charge in [-0.2, -0.15) is 25.9 Å². The van der Waals surface area contributed by atoms with Crippen molar-refractivity contribution < 1.29 is 39.0 Å². The minimum absolute atomic E-state index is 0.387. The van der Waals surface area contributed by atoms with E-state index in [2.05, 4.69) is 15.6 Å². The van der Waals surface area contributed by atoms with Crippen LogP contribution in [-0.2, 0) is 29.2 Å². The molecule has 0 aromatic carbocycles. The van der Waals surface area contributed by atoms with Gasteiger partial charge in [0.25, 0.3) is 0 Å². The summed E-state index contributed by atoms with van der Waals surface area (Å²) in [7, 11) is -9.87. The molecule has 0 rings (SSSR count). The van der Waals surface area contributed by atoms with E-state index in [1.807, 2.05) is 0 Å². The van der Waals surface area contributed by atoms with Crippen LogP contribution in [0.15, 0.2) is 12.8 Å². The molecular weight excluding hydrogens is 303 g/mol. The van der Waals surface area contributed by atoms with Crippen molar-refractivity contribution in [1.29, 1.82) is 0 Å². The van der Waals surface area contributed by atoms with Gasteiger partial charge in [-0.05, 0) is 0 Å². The van der Waals surface area contributed by atoms with E-state index in [4.69, 9.17) is 0 Å². The van der Waals surface area contributed by atoms with Crippen molar-refractivity contribution in [3.8, 4) is 0 Å². The summed E-state index contributed by atoms with van der Waals surface area (Å²) in [6.07, 6.45) is 0.919. The van der Waals surface area contributed by atoms with Crippen LogP contribution in [-0.4, -0.2) is 46.2 Å². The molecule has 0 heterocycles. The fourth-order valence-electron chi connectivity index (χ4n) is 0.592. The number of nitrogens with zero attached hydrogens (tertiary/aromatic N) is 1. The quantitative estimate of drug-likeness (QED) is 0.288. The van der Waals surface area contributed by atoms with Gasteiger partial charge in [0.05, 0.1) is 6.26 Å². The molecular formula is C6H10F3NO6S2. The molecule has 0 fully saturated rings. The average molecular weight is 313 g/mol. The molecule has 0 amide bonds. The molecule has 7 nitrogen and oxygen atoms in total. The summed E-state index contributed by atoms with van der Waals surface area (Å²) in [5.74, 6) is -0.775. The summed E-state index contributed by atoms with van der Waals surface area (Å²) in [5.41, 5.74) is -5.71. The monoisotopic (exact) mass is 313 g/mol. The molecule has 0 aromatic rings. The van der Waals surface area contributed by atoms with Crippen LogP contribution in [0.4, 0.5) is 13.2 Å². The Morgan fingerprint density at radius 2 is 1.78 bits per heavy atom. The predicted octanol–water partition coefficient (Wildman–Crippen LogP) is 0.189. The zero-order valence-electron chi connectivity index (χ0n) is 9.05. The molecule has 0 aliphatic carbocycles. The van der Waals surface area contributed by atoms with Crippen LogP contribution in [0.5, 0.6) is 0 Å². The smallest absolute Gasteiger partial charge is 0.501 e. The SMILES string of the molecule is C=COCCS(=O)(=O)N(C)OS(=O)(=O)C(F)(F)F. The molecule has 0 saturated carbocycles. The Balaban J connectivity index is 4.78. The lowest BCUT2D eigenvalue weighted by Crippen LogP contribution is -2.37. The Labute approximate surface area is 102 Å². The zero-order valence-corrected chi connectivity index (χ0v) is 10.7. The first kappa shape index (κ1) is 17.2. The molecule has 0 aliphatic rings. The highest BCUT2D eigenvalue weighted by Gasteiger charge is 2.49. The molecule has 0 bridgehead atoms. The second-order valence-corrected chi connectivity index (χ2v) is 6.34. The summed E-state index contributed by atoms with van der Waals surface area (Å²) in [4.78, 5) is 0. The zero-order chi connectivity index (χ0) is 14.6. The van der Waals surface area contributed by atoms with Crippen molar-refractivity contribution in [1.82, 2.24) is 4.47 Å². The molecule has 0 aromatic heterocycles. The van der Waals surface area contributed by atoms with Crippen molar-refractivity contribution in [2.75, 3.05) is 19.4 Å². The summed E-state index contributed by atoms with van der Waals surface area (Å²) in [6, 6.07) is 0. The highest BCUT2D eigenvalue weighted by atomic mass is 32.2. The average Bonchev–Trinajstić information content (AvgIpc) is 2.15. The molecule has 0 radical (unpaired) electrons. The normalized spacial score (nSPS) is 13.6. The molecule has 108 valence electrons. The van der Waals surface area contributed by atoms with Crippen LogP contribution in [0.3, 0.4) is 0 Å². The lowest BCUT2D eigenvalue weighted by atomic mass is 10.8. The van der Waals surface area contributed by atoms with E-state index < -0.39 is 38.0 Å². The largest absolute Gasteiger partial charge is 0.524 e. The molecule has 18 heavy (non-hydrogen) atoms. The van der Waals surface area contributed by atoms with Gasteiger partial charge in [0.1, 0.15) is 12.4 Å². The Morgan fingerprint density at radius 3 is 2.17 bits per heavy atom. The van der Waals surface area contributed by atoms with Crippen molar-refractivity contribution in [3.05, 3.63) is 12.8 Å². The van der Waals surface area contributed by atoms with Crippen LogP contribution in [0, 0.1) is 0 Å². The molecule has 12 heteroatoms. The number of hydrogen-bond donors (Lipinski definition) is 0. The third kappa shape index (κ3) is 4.80. The van der Waals surface area contributed by atoms with Crippen molar-refractivity contribution in [2.45, 2.75) is 5.51 Å². The van der Waals surface area contributed by atoms with Crippen LogP contribution in [0.1, 0.15) is 0 Å². The summed E-state index contributed by atoms with van der Waals surface area (Å²) in [5, 5.41) is 0. The van der Waals surface area contributed by atoms with Crippen molar-refractivity contribution >= 4 is 20.1 Å². The van der Waals surface area contributed by atoms with Gasteiger partial charge in [-0.1, -0.05) is 11.0 Å². The van der Waals surface area contributed by atoms with E-state index >= 15 is 0 Å². The van der Waals surface area contributed by atoms with E-state index in [1.54, 1.807) is 0 Å². The van der Waals surface area contributed by atoms with E-state index in [-0.39, 0.29) is 4.47 Å². The molecule has 0 N–H and O–H groups in total. The number of hydroxylamine groups is 1. The van der Waals surface area contributed by atoms with E-state index in [1.165, 1.54) is 0 Å². The van der Waals surface area contributed by atoms with Gasteiger partial charge in [-0.25, -0.2) is 8.42 Å². The number of hydrogen-bond acceptors (Lipinski definition) is 6. The van der Waals surface area contributed by atoms with E-state index in [9.17, 15) is 30.0 Å². The Hall–Kier alpha value is -0.850. The first-order valence-corrected chi connectivity index (χ1v) is 7.16. The van der Waals surface area contributed by atoms with Crippen molar-refractivity contribution in [2.24, 2.45) is 0 Å². The maximum Gasteiger partial charge on any atom is 0.524 e. The van der Waals surface area contributed by atoms with Crippen molar-refractivity contribution in [3.63, 3.8) is 0 Å². The summed E-state index contributed by atoms with van der Waals surface area (Å²) >= 11 is 0. The molecule has 0 atom stereocenters. The molecule has 0 unspecified atom stereocenters. The summed E-state index contributed by atoms with van der Waals surface area (Å²) in [6.45, 7) is 2.70. The lowest BCUT2D eigenvalue weighted by molar-refractivity contribution is -0.0688. The van der Waals surface area contributed by atoms with Gasteiger partial charge in [0.15, 0.2) is 0 Å². The predicted molar refractivity (Wildman–Crippen MR) is 53.8 cm³/mol. The number of alkyl halides is 3. The highest BCUT2D eigenvalue weighted by molar-refractivity contribution is 7.90. The second kappa shape index (κ2) is 5.86. The number of sulfonamides is 1. The molecule has 0 aliphatic heterocycles. The van der Waals surface area contributed by atoms with E-state index in [0.29, 0.717) is 7.05 Å². The van der Waals surface area contributed by atoms with Crippen LogP contribution >= 0.6 is 0 Å². The Bertz CT molecular complexity index is 482. The molecule has 0 saturated heterocycles. The standard InChI is InChI=1S/C6H10F3NO6S2/c1-3-15-4-5-17(11,12)10(2)16-18(13,14)6(7,8)9/h3H,1,4-5H2,2H3. The number of ether oxygens (including phenoxy) is 1. The fourth-order valence-corrected chi connectivity index (χ4v) is 2.13. The van der Waals surface area contributed by atoms with Crippen LogP contribution in [0.2, 0.25) is 0 Å². The maximum absolute atomic E-state index is 11.9. The second-order valence-electron chi connectivity index (χ2n) is 2.74. The Kier molecular flexibility index (Phi) is 5.58. The first-order chi connectivity index (χ1) is 7.94. The van der Waals surface area contributed by atoms with Gasteiger partial charge in [0, 0.05) is 7.05 Å². The Morgan fingerprint density at radius 1 is 1.28 bits per heavy atom. The summed E-state index contributed by atoms with van der Waals surface area (Å²) < 4.78 is 86.8. The van der Waals surface area contributed by atoms with Gasteiger partial charge >= 0.3 is 15.6 Å². The minimum atomic E-state index is -6.02. The van der Waals surface area contributed by atoms with Gasteiger partial charge < -0.3 is 4.74 Å². The van der Waals surface area contributed by atoms with Gasteiger partial charge in [-0.3, -0.25) is 0 Å². The fraction of sp³-hybridized carbons (Fsp3) is 0.667. The highest BCUT2D eigenvalue weighted by Crippen LogP contribution is 2.25. The third-order valence-electron chi connectivity index (χ3n) is 1.46. The lowest BCUT2D eigenvalue weighted by Gasteiger charge is -2.16. The van der Waals surface area contributed by atoms with Crippen LogP contribution < -0.4 is 0 Å². The third-order valence-corrected chi connectivity index (χ3v) is 4.08. The van der Waals surface area contributed by atoms with Gasteiger partial charge in [-0.15, -0.1) is 0 Å². The number of halogens is 3. The first-order valence-electron chi connectivity index (χ1n) is 4.14. The van der Waals surface area contributed by atoms with E-state index in [0.717, 1.165) is 6.26 Å². The molecule has 0 spiro atoms. The number of rotatable bonds is 7. The minimum Gasteiger partial charge on any atom is -0.501 e. The maximum atomic E-state index is 11.9.